The number of allylic oxidation sites excluding steroid dienone is 3. The van der Waals surface area contributed by atoms with Crippen molar-refractivity contribution in [3.05, 3.63) is 35.5 Å². The quantitative estimate of drug-likeness (QED) is 0.223. The van der Waals surface area contributed by atoms with E-state index in [2.05, 4.69) is 107 Å². The van der Waals surface area contributed by atoms with E-state index in [9.17, 15) is 0 Å². The van der Waals surface area contributed by atoms with Crippen LogP contribution >= 0.6 is 0 Å². The molecule has 0 amide bonds. The van der Waals surface area contributed by atoms with Gasteiger partial charge in [0.05, 0.1) is 12.2 Å². The second-order valence-corrected chi connectivity index (χ2v) is 26.3. The van der Waals surface area contributed by atoms with Gasteiger partial charge in [-0.15, -0.1) is 0 Å². The van der Waals surface area contributed by atoms with Crippen LogP contribution in [0.2, 0.25) is 36.3 Å². The van der Waals surface area contributed by atoms with Crippen LogP contribution in [0, 0.1) is 23.2 Å². The summed E-state index contributed by atoms with van der Waals surface area (Å²) in [4.78, 5) is 0. The maximum Gasteiger partial charge on any atom is 0.192 e. The highest BCUT2D eigenvalue weighted by atomic mass is 28.4. The molecule has 2 nitrogen and oxygen atoms in total. The van der Waals surface area contributed by atoms with Crippen molar-refractivity contribution in [3.8, 4) is 0 Å². The van der Waals surface area contributed by atoms with E-state index in [0.29, 0.717) is 5.41 Å². The summed E-state index contributed by atoms with van der Waals surface area (Å²) >= 11 is 0. The predicted octanol–water partition coefficient (Wildman–Crippen LogP) is 11.2. The van der Waals surface area contributed by atoms with Gasteiger partial charge in [-0.25, -0.2) is 0 Å². The molecule has 0 heterocycles. The van der Waals surface area contributed by atoms with Crippen molar-refractivity contribution in [2.24, 2.45) is 23.2 Å². The first kappa shape index (κ1) is 33.1. The lowest BCUT2D eigenvalue weighted by Gasteiger charge is -2.46. The van der Waals surface area contributed by atoms with Crippen LogP contribution in [-0.2, 0) is 8.85 Å². The van der Waals surface area contributed by atoms with Crippen molar-refractivity contribution in [1.82, 2.24) is 0 Å². The Hall–Kier alpha value is -0.426. The van der Waals surface area contributed by atoms with E-state index in [1.54, 1.807) is 5.57 Å². The maximum atomic E-state index is 7.06. The lowest BCUT2D eigenvalue weighted by Crippen LogP contribution is -2.49. The molecule has 0 radical (unpaired) electrons. The highest BCUT2D eigenvalue weighted by Gasteiger charge is 2.50. The molecular weight excluding hydrogens is 509 g/mol. The summed E-state index contributed by atoms with van der Waals surface area (Å²) in [5, 5.41) is 0.348. The van der Waals surface area contributed by atoms with Gasteiger partial charge in [0, 0.05) is 0 Å². The normalized spacial score (nSPS) is 32.9. The van der Waals surface area contributed by atoms with Crippen LogP contribution < -0.4 is 0 Å². The molecule has 0 spiro atoms. The van der Waals surface area contributed by atoms with Crippen molar-refractivity contribution in [1.29, 1.82) is 0 Å². The third-order valence-corrected chi connectivity index (χ3v) is 21.1. The standard InChI is InChI=1S/C35H64O2Si2/c1-15-25(2)29-20-21-30-28(17-16-22-35(29,30)10)19-18-27-23-31(36-38(11,12)33(4,5)6)26(3)32(24-27)37-39(13,14)34(7,8)9/h18-19,25,29-32H,3,15-17,20-24H2,1-2,4-14H3/b28-19+/t25-,29+,30-,31+,32+,35+/m0/s1. The van der Waals surface area contributed by atoms with Crippen molar-refractivity contribution in [2.45, 2.75) is 162 Å². The van der Waals surface area contributed by atoms with E-state index in [1.807, 2.05) is 0 Å². The van der Waals surface area contributed by atoms with E-state index in [-0.39, 0.29) is 22.3 Å². The predicted molar refractivity (Wildman–Crippen MR) is 176 cm³/mol. The van der Waals surface area contributed by atoms with Crippen LogP contribution in [0.1, 0.15) is 114 Å². The first-order valence-corrected chi connectivity index (χ1v) is 22.0. The van der Waals surface area contributed by atoms with Gasteiger partial charge < -0.3 is 8.85 Å². The summed E-state index contributed by atoms with van der Waals surface area (Å²) in [7, 11) is -3.88. The van der Waals surface area contributed by atoms with E-state index in [4.69, 9.17) is 8.85 Å². The monoisotopic (exact) mass is 572 g/mol. The zero-order valence-electron chi connectivity index (χ0n) is 28.2. The average molecular weight is 573 g/mol. The molecule has 224 valence electrons. The zero-order chi connectivity index (χ0) is 29.6. The number of hydrogen-bond donors (Lipinski definition) is 0. The van der Waals surface area contributed by atoms with E-state index >= 15 is 0 Å². The zero-order valence-corrected chi connectivity index (χ0v) is 30.2. The Labute approximate surface area is 245 Å². The second-order valence-electron chi connectivity index (χ2n) is 16.8. The van der Waals surface area contributed by atoms with Gasteiger partial charge in [0.2, 0.25) is 0 Å². The fourth-order valence-electron chi connectivity index (χ4n) is 7.19. The first-order chi connectivity index (χ1) is 17.7. The summed E-state index contributed by atoms with van der Waals surface area (Å²) in [6, 6.07) is 0. The molecule has 0 N–H and O–H groups in total. The smallest absolute Gasteiger partial charge is 0.192 e. The van der Waals surface area contributed by atoms with Gasteiger partial charge >= 0.3 is 0 Å². The molecule has 0 bridgehead atoms. The van der Waals surface area contributed by atoms with Crippen LogP contribution in [-0.4, -0.2) is 28.8 Å². The molecule has 3 aliphatic carbocycles. The second kappa shape index (κ2) is 11.7. The first-order valence-electron chi connectivity index (χ1n) is 16.2. The molecule has 0 unspecified atom stereocenters. The summed E-state index contributed by atoms with van der Waals surface area (Å²) in [5.41, 5.74) is 4.87. The van der Waals surface area contributed by atoms with Crippen LogP contribution in [0.3, 0.4) is 0 Å². The lowest BCUT2D eigenvalue weighted by molar-refractivity contribution is 0.0961. The molecule has 3 saturated carbocycles. The Balaban J connectivity index is 1.92. The minimum absolute atomic E-state index is 0.0527. The number of hydrogen-bond acceptors (Lipinski definition) is 2. The summed E-state index contributed by atoms with van der Waals surface area (Å²) in [6.07, 6.45) is 15.2. The average Bonchev–Trinajstić information content (AvgIpc) is 3.15. The third kappa shape index (κ3) is 6.97. The fraction of sp³-hybridized carbons (Fsp3) is 0.829. The SMILES string of the molecule is C=C1[C@H](O[Si](C)(C)C(C)(C)C)CC(=C/C=C2\CCC[C@]3(C)[C@@H]([C@@H](C)CC)CC[C@@H]23)C[C@H]1O[Si](C)(C)C(C)(C)C. The maximum absolute atomic E-state index is 7.06. The van der Waals surface area contributed by atoms with Crippen LogP contribution in [0.5, 0.6) is 0 Å². The molecule has 39 heavy (non-hydrogen) atoms. The molecular formula is C35H64O2Si2. The minimum Gasteiger partial charge on any atom is -0.410 e. The van der Waals surface area contributed by atoms with Crippen molar-refractivity contribution in [2.75, 3.05) is 0 Å². The number of fused-ring (bicyclic) bond motifs is 1. The van der Waals surface area contributed by atoms with Crippen molar-refractivity contribution < 1.29 is 8.85 Å². The largest absolute Gasteiger partial charge is 0.410 e. The summed E-state index contributed by atoms with van der Waals surface area (Å²) in [5.74, 6) is 2.48. The molecule has 6 atom stereocenters. The third-order valence-electron chi connectivity index (χ3n) is 12.1. The Morgan fingerprint density at radius 3 is 1.90 bits per heavy atom. The van der Waals surface area contributed by atoms with Crippen LogP contribution in [0.25, 0.3) is 0 Å². The Kier molecular flexibility index (Phi) is 9.91. The lowest BCUT2D eigenvalue weighted by atomic mass is 9.61. The van der Waals surface area contributed by atoms with Crippen molar-refractivity contribution >= 4 is 16.6 Å². The molecule has 0 aromatic rings. The highest BCUT2D eigenvalue weighted by molar-refractivity contribution is 6.74. The molecule has 0 aromatic heterocycles. The molecule has 3 aliphatic rings. The molecule has 0 aliphatic heterocycles. The van der Waals surface area contributed by atoms with Gasteiger partial charge in [0.25, 0.3) is 0 Å². The minimum atomic E-state index is -1.94. The molecule has 3 rings (SSSR count). The van der Waals surface area contributed by atoms with E-state index in [0.717, 1.165) is 30.6 Å². The molecule has 3 fully saturated rings. The molecule has 4 heteroatoms. The Bertz CT molecular complexity index is 903. The molecule has 0 saturated heterocycles. The molecule has 0 aromatic carbocycles. The van der Waals surface area contributed by atoms with E-state index in [1.165, 1.54) is 49.7 Å². The summed E-state index contributed by atoms with van der Waals surface area (Å²) in [6.45, 7) is 35.7. The van der Waals surface area contributed by atoms with Crippen molar-refractivity contribution in [3.63, 3.8) is 0 Å². The Morgan fingerprint density at radius 1 is 0.923 bits per heavy atom. The fourth-order valence-corrected chi connectivity index (χ4v) is 9.79. The van der Waals surface area contributed by atoms with Crippen LogP contribution in [0.4, 0.5) is 0 Å². The Morgan fingerprint density at radius 2 is 1.44 bits per heavy atom. The topological polar surface area (TPSA) is 18.5 Å². The van der Waals surface area contributed by atoms with Gasteiger partial charge in [-0.05, 0) is 110 Å². The van der Waals surface area contributed by atoms with Gasteiger partial charge in [0.15, 0.2) is 16.6 Å². The highest BCUT2D eigenvalue weighted by Crippen LogP contribution is 2.59. The van der Waals surface area contributed by atoms with Gasteiger partial charge in [-0.3, -0.25) is 0 Å². The van der Waals surface area contributed by atoms with Crippen LogP contribution in [0.15, 0.2) is 35.5 Å². The number of rotatable bonds is 7. The van der Waals surface area contributed by atoms with Gasteiger partial charge in [-0.2, -0.15) is 0 Å². The van der Waals surface area contributed by atoms with Gasteiger partial charge in [-0.1, -0.05) is 98.6 Å². The summed E-state index contributed by atoms with van der Waals surface area (Å²) < 4.78 is 14.1. The van der Waals surface area contributed by atoms with Gasteiger partial charge in [0.1, 0.15) is 0 Å². The van der Waals surface area contributed by atoms with E-state index < -0.39 is 16.6 Å².